The van der Waals surface area contributed by atoms with E-state index in [0.29, 0.717) is 18.0 Å². The van der Waals surface area contributed by atoms with E-state index in [4.69, 9.17) is 4.52 Å². The van der Waals surface area contributed by atoms with Gasteiger partial charge >= 0.3 is 0 Å². The molecular weight excluding hydrogens is 302 g/mol. The number of fused-ring (bicyclic) bond motifs is 1. The first-order valence-corrected chi connectivity index (χ1v) is 8.73. The Bertz CT molecular complexity index is 736. The van der Waals surface area contributed by atoms with Gasteiger partial charge in [-0.3, -0.25) is 9.69 Å². The second kappa shape index (κ2) is 7.18. The third kappa shape index (κ3) is 3.22. The highest BCUT2D eigenvalue weighted by Gasteiger charge is 2.22. The zero-order valence-corrected chi connectivity index (χ0v) is 14.7. The van der Waals surface area contributed by atoms with Crippen molar-refractivity contribution >= 4 is 5.91 Å². The van der Waals surface area contributed by atoms with Crippen molar-refractivity contribution in [2.24, 2.45) is 0 Å². The molecule has 0 fully saturated rings. The molecule has 1 aromatic heterocycles. The maximum Gasteiger partial charge on any atom is 0.274 e. The first-order chi connectivity index (χ1) is 11.6. The van der Waals surface area contributed by atoms with Crippen LogP contribution in [-0.4, -0.2) is 35.6 Å². The summed E-state index contributed by atoms with van der Waals surface area (Å²) in [6.45, 7) is 9.79. The summed E-state index contributed by atoms with van der Waals surface area (Å²) in [5.74, 6) is 0.496. The van der Waals surface area contributed by atoms with Gasteiger partial charge in [0.1, 0.15) is 5.76 Å². The van der Waals surface area contributed by atoms with Crippen molar-refractivity contribution in [3.63, 3.8) is 0 Å². The van der Waals surface area contributed by atoms with Crippen molar-refractivity contribution < 1.29 is 9.32 Å². The number of aryl methyl sites for hydroxylation is 1. The summed E-state index contributed by atoms with van der Waals surface area (Å²) in [7, 11) is 0. The van der Waals surface area contributed by atoms with Gasteiger partial charge in [-0.05, 0) is 49.9 Å². The second-order valence-corrected chi connectivity index (χ2v) is 6.33. The molecule has 5 nitrogen and oxygen atoms in total. The molecule has 1 amide bonds. The molecule has 1 N–H and O–H groups in total. The maximum absolute atomic E-state index is 12.2. The molecule has 0 radical (unpaired) electrons. The molecule has 0 aliphatic carbocycles. The number of hydrogen-bond acceptors (Lipinski definition) is 4. The van der Waals surface area contributed by atoms with E-state index in [0.717, 1.165) is 37.2 Å². The van der Waals surface area contributed by atoms with Crippen molar-refractivity contribution in [1.82, 2.24) is 15.4 Å². The Kier molecular flexibility index (Phi) is 5.00. The van der Waals surface area contributed by atoms with Crippen molar-refractivity contribution in [3.8, 4) is 11.1 Å². The standard InChI is InChI=1S/C19H25N3O2/c1-4-9-22-10-8-14-11-15(6-7-16(14)12-22)17-13(3)24-21-18(17)19(23)20-5-2/h6-7,11H,4-5,8-10,12H2,1-3H3,(H,20,23). The summed E-state index contributed by atoms with van der Waals surface area (Å²) in [6.07, 6.45) is 2.23. The quantitative estimate of drug-likeness (QED) is 0.916. The third-order valence-corrected chi connectivity index (χ3v) is 4.54. The van der Waals surface area contributed by atoms with Gasteiger partial charge in [-0.25, -0.2) is 0 Å². The lowest BCUT2D eigenvalue weighted by molar-refractivity contribution is 0.0947. The minimum absolute atomic E-state index is 0.184. The van der Waals surface area contributed by atoms with Crippen molar-refractivity contribution in [1.29, 1.82) is 0 Å². The van der Waals surface area contributed by atoms with E-state index < -0.39 is 0 Å². The van der Waals surface area contributed by atoms with Crippen LogP contribution in [0, 0.1) is 6.92 Å². The molecule has 0 atom stereocenters. The number of aromatic nitrogens is 1. The van der Waals surface area contributed by atoms with E-state index in [2.05, 4.69) is 40.5 Å². The Morgan fingerprint density at radius 1 is 1.33 bits per heavy atom. The number of carbonyl (C=O) groups is 1. The molecule has 3 rings (SSSR count). The van der Waals surface area contributed by atoms with Crippen LogP contribution < -0.4 is 5.32 Å². The average molecular weight is 327 g/mol. The lowest BCUT2D eigenvalue weighted by atomic mass is 9.93. The summed E-state index contributed by atoms with van der Waals surface area (Å²) in [4.78, 5) is 14.7. The molecule has 1 aromatic carbocycles. The Balaban J connectivity index is 1.92. The van der Waals surface area contributed by atoms with Crippen LogP contribution in [0.25, 0.3) is 11.1 Å². The van der Waals surface area contributed by atoms with Gasteiger partial charge in [0, 0.05) is 19.6 Å². The molecule has 0 saturated heterocycles. The van der Waals surface area contributed by atoms with E-state index in [1.807, 2.05) is 13.8 Å². The fourth-order valence-electron chi connectivity index (χ4n) is 3.39. The number of rotatable bonds is 5. The Hall–Kier alpha value is -2.14. The van der Waals surface area contributed by atoms with E-state index in [1.54, 1.807) is 0 Å². The molecule has 1 aliphatic heterocycles. The fraction of sp³-hybridized carbons (Fsp3) is 0.474. The monoisotopic (exact) mass is 327 g/mol. The molecule has 5 heteroatoms. The molecule has 24 heavy (non-hydrogen) atoms. The van der Waals surface area contributed by atoms with Gasteiger partial charge in [-0.15, -0.1) is 0 Å². The van der Waals surface area contributed by atoms with Crippen LogP contribution in [0.3, 0.4) is 0 Å². The normalized spacial score (nSPS) is 14.5. The summed E-state index contributed by atoms with van der Waals surface area (Å²) in [5.41, 5.74) is 4.93. The number of carbonyl (C=O) groups excluding carboxylic acids is 1. The zero-order valence-electron chi connectivity index (χ0n) is 14.7. The van der Waals surface area contributed by atoms with Gasteiger partial charge < -0.3 is 9.84 Å². The highest BCUT2D eigenvalue weighted by Crippen LogP contribution is 2.31. The van der Waals surface area contributed by atoms with Gasteiger partial charge in [0.15, 0.2) is 5.69 Å². The van der Waals surface area contributed by atoms with Crippen LogP contribution in [0.5, 0.6) is 0 Å². The Morgan fingerprint density at radius 2 is 2.17 bits per heavy atom. The lowest BCUT2D eigenvalue weighted by Crippen LogP contribution is -2.31. The van der Waals surface area contributed by atoms with Crippen LogP contribution in [-0.2, 0) is 13.0 Å². The van der Waals surface area contributed by atoms with Crippen molar-refractivity contribution in [3.05, 3.63) is 40.8 Å². The summed E-state index contributed by atoms with van der Waals surface area (Å²) < 4.78 is 5.29. The molecular formula is C19H25N3O2. The fourth-order valence-corrected chi connectivity index (χ4v) is 3.39. The molecule has 128 valence electrons. The predicted octanol–water partition coefficient (Wildman–Crippen LogP) is 3.17. The maximum atomic E-state index is 12.2. The lowest BCUT2D eigenvalue weighted by Gasteiger charge is -2.28. The molecule has 0 unspecified atom stereocenters. The number of hydrogen-bond donors (Lipinski definition) is 1. The van der Waals surface area contributed by atoms with E-state index in [9.17, 15) is 4.79 Å². The predicted molar refractivity (Wildman–Crippen MR) is 94.0 cm³/mol. The number of benzene rings is 1. The van der Waals surface area contributed by atoms with E-state index in [-0.39, 0.29) is 5.91 Å². The topological polar surface area (TPSA) is 58.4 Å². The molecule has 0 bridgehead atoms. The molecule has 0 spiro atoms. The minimum Gasteiger partial charge on any atom is -0.360 e. The van der Waals surface area contributed by atoms with Crippen molar-refractivity contribution in [2.45, 2.75) is 40.2 Å². The van der Waals surface area contributed by atoms with Gasteiger partial charge in [0.05, 0.1) is 5.56 Å². The Morgan fingerprint density at radius 3 is 2.92 bits per heavy atom. The summed E-state index contributed by atoms with van der Waals surface area (Å²) in [5, 5.41) is 6.76. The van der Waals surface area contributed by atoms with Crippen LogP contribution in [0.1, 0.15) is 47.6 Å². The number of nitrogens with one attached hydrogen (secondary N) is 1. The van der Waals surface area contributed by atoms with Crippen molar-refractivity contribution in [2.75, 3.05) is 19.6 Å². The third-order valence-electron chi connectivity index (χ3n) is 4.54. The van der Waals surface area contributed by atoms with Gasteiger partial charge in [0.2, 0.25) is 0 Å². The largest absolute Gasteiger partial charge is 0.360 e. The first-order valence-electron chi connectivity index (χ1n) is 8.73. The van der Waals surface area contributed by atoms with Crippen LogP contribution in [0.15, 0.2) is 22.7 Å². The van der Waals surface area contributed by atoms with E-state index >= 15 is 0 Å². The highest BCUT2D eigenvalue weighted by molar-refractivity contribution is 5.99. The first kappa shape index (κ1) is 16.7. The van der Waals surface area contributed by atoms with Crippen LogP contribution in [0.2, 0.25) is 0 Å². The average Bonchev–Trinajstić information content (AvgIpc) is 2.96. The molecule has 0 saturated carbocycles. The molecule has 1 aliphatic rings. The molecule has 2 aromatic rings. The zero-order chi connectivity index (χ0) is 17.1. The van der Waals surface area contributed by atoms with Gasteiger partial charge in [0.25, 0.3) is 5.91 Å². The number of amides is 1. The summed E-state index contributed by atoms with van der Waals surface area (Å²) >= 11 is 0. The Labute approximate surface area is 143 Å². The minimum atomic E-state index is -0.184. The van der Waals surface area contributed by atoms with Gasteiger partial charge in [-0.1, -0.05) is 30.3 Å². The van der Waals surface area contributed by atoms with Crippen LogP contribution >= 0.6 is 0 Å². The summed E-state index contributed by atoms with van der Waals surface area (Å²) in [6, 6.07) is 6.46. The number of nitrogens with zero attached hydrogens (tertiary/aromatic N) is 2. The van der Waals surface area contributed by atoms with Crippen LogP contribution in [0.4, 0.5) is 0 Å². The highest BCUT2D eigenvalue weighted by atomic mass is 16.5. The van der Waals surface area contributed by atoms with Gasteiger partial charge in [-0.2, -0.15) is 0 Å². The molecule has 2 heterocycles. The smallest absolute Gasteiger partial charge is 0.274 e. The second-order valence-electron chi connectivity index (χ2n) is 6.33. The SMILES string of the molecule is CCCN1CCc2cc(-c3c(C(=O)NCC)noc3C)ccc2C1. The van der Waals surface area contributed by atoms with E-state index in [1.165, 1.54) is 17.5 Å².